The lowest BCUT2D eigenvalue weighted by molar-refractivity contribution is 0.0523. The second kappa shape index (κ2) is 5.80. The van der Waals surface area contributed by atoms with Crippen molar-refractivity contribution in [3.05, 3.63) is 0 Å². The number of carbonyl (C=O) groups is 1. The van der Waals surface area contributed by atoms with Crippen molar-refractivity contribution >= 4 is 6.09 Å². The van der Waals surface area contributed by atoms with Gasteiger partial charge in [0.2, 0.25) is 0 Å². The molecule has 0 aromatic carbocycles. The molecule has 0 bridgehead atoms. The van der Waals surface area contributed by atoms with Crippen molar-refractivity contribution in [2.45, 2.75) is 38.8 Å². The van der Waals surface area contributed by atoms with Gasteiger partial charge in [0.05, 0.1) is 6.67 Å². The highest BCUT2D eigenvalue weighted by atomic mass is 19.1. The maximum Gasteiger partial charge on any atom is 0.407 e. The van der Waals surface area contributed by atoms with Crippen LogP contribution in [0.2, 0.25) is 0 Å². The molecule has 0 rings (SSSR count). The van der Waals surface area contributed by atoms with Gasteiger partial charge in [-0.1, -0.05) is 0 Å². The van der Waals surface area contributed by atoms with Gasteiger partial charge >= 0.3 is 6.09 Å². The average molecular weight is 206 g/mol. The van der Waals surface area contributed by atoms with E-state index in [0.29, 0.717) is 0 Å². The summed E-state index contributed by atoms with van der Waals surface area (Å²) in [5, 5.41) is 2.47. The van der Waals surface area contributed by atoms with Crippen molar-refractivity contribution in [2.75, 3.05) is 13.2 Å². The van der Waals surface area contributed by atoms with Crippen LogP contribution in [0.15, 0.2) is 0 Å². The Balaban J connectivity index is 3.64. The summed E-state index contributed by atoms with van der Waals surface area (Å²) in [6, 6.07) is -0.354. The van der Waals surface area contributed by atoms with Gasteiger partial charge in [-0.05, 0) is 27.2 Å². The molecule has 0 heterocycles. The van der Waals surface area contributed by atoms with E-state index in [2.05, 4.69) is 5.32 Å². The van der Waals surface area contributed by atoms with Gasteiger partial charge in [-0.3, -0.25) is 4.39 Å². The first-order valence-corrected chi connectivity index (χ1v) is 4.63. The quantitative estimate of drug-likeness (QED) is 0.726. The number of nitrogens with two attached hydrogens (primary N) is 1. The number of alkyl halides is 1. The largest absolute Gasteiger partial charge is 0.444 e. The lowest BCUT2D eigenvalue weighted by Crippen LogP contribution is -2.40. The number of hydrogen-bond acceptors (Lipinski definition) is 3. The highest BCUT2D eigenvalue weighted by Gasteiger charge is 2.16. The molecule has 84 valence electrons. The molecule has 1 unspecified atom stereocenters. The first-order valence-electron chi connectivity index (χ1n) is 4.63. The third-order valence-corrected chi connectivity index (χ3v) is 1.39. The van der Waals surface area contributed by atoms with Crippen LogP contribution in [0.3, 0.4) is 0 Å². The van der Waals surface area contributed by atoms with Crippen LogP contribution in [0.5, 0.6) is 0 Å². The molecule has 3 N–H and O–H groups in total. The summed E-state index contributed by atoms with van der Waals surface area (Å²) in [6.07, 6.45) is -0.276. The van der Waals surface area contributed by atoms with Crippen molar-refractivity contribution in [2.24, 2.45) is 5.73 Å². The third-order valence-electron chi connectivity index (χ3n) is 1.39. The summed E-state index contributed by atoms with van der Waals surface area (Å²) in [6.45, 7) is 5.08. The van der Waals surface area contributed by atoms with Gasteiger partial charge in [-0.25, -0.2) is 4.79 Å². The van der Waals surface area contributed by atoms with Crippen LogP contribution >= 0.6 is 0 Å². The molecule has 1 amide bonds. The molecule has 0 radical (unpaired) electrons. The number of carbonyl (C=O) groups excluding carboxylic acids is 1. The van der Waals surface area contributed by atoms with Crippen LogP contribution < -0.4 is 11.1 Å². The molecule has 0 fully saturated rings. The van der Waals surface area contributed by atoms with Gasteiger partial charge in [0.1, 0.15) is 5.60 Å². The molecule has 0 aromatic rings. The van der Waals surface area contributed by atoms with Gasteiger partial charge in [0.15, 0.2) is 0 Å². The predicted octanol–water partition coefficient (Wildman–Crippen LogP) is 1.20. The second-order valence-electron chi connectivity index (χ2n) is 4.12. The zero-order valence-electron chi connectivity index (χ0n) is 8.97. The Morgan fingerprint density at radius 3 is 2.57 bits per heavy atom. The lowest BCUT2D eigenvalue weighted by atomic mass is 10.2. The number of alkyl carbamates (subject to hydrolysis) is 1. The van der Waals surface area contributed by atoms with Gasteiger partial charge < -0.3 is 15.8 Å². The number of rotatable bonds is 4. The molecular weight excluding hydrogens is 187 g/mol. The standard InChI is InChI=1S/C9H19FN2O2/c1-9(2,3)14-8(13)12-6-7(11)4-5-10/h7H,4-6,11H2,1-3H3,(H,12,13). The minimum absolute atomic E-state index is 0.235. The van der Waals surface area contributed by atoms with Crippen molar-refractivity contribution in [3.8, 4) is 0 Å². The van der Waals surface area contributed by atoms with Crippen molar-refractivity contribution in [1.82, 2.24) is 5.32 Å². The average Bonchev–Trinajstić information content (AvgIpc) is 1.98. The Hall–Kier alpha value is -0.840. The maximum atomic E-state index is 11.8. The molecule has 4 nitrogen and oxygen atoms in total. The van der Waals surface area contributed by atoms with Crippen LogP contribution in [0, 0.1) is 0 Å². The monoisotopic (exact) mass is 206 g/mol. The maximum absolute atomic E-state index is 11.8. The number of nitrogens with one attached hydrogen (secondary N) is 1. The molecule has 0 aliphatic rings. The lowest BCUT2D eigenvalue weighted by Gasteiger charge is -2.20. The minimum Gasteiger partial charge on any atom is -0.444 e. The number of hydrogen-bond donors (Lipinski definition) is 2. The van der Waals surface area contributed by atoms with E-state index in [-0.39, 0.29) is 19.0 Å². The fraction of sp³-hybridized carbons (Fsp3) is 0.889. The summed E-state index contributed by atoms with van der Waals surface area (Å²) >= 11 is 0. The molecule has 0 aromatic heterocycles. The predicted molar refractivity (Wildman–Crippen MR) is 52.8 cm³/mol. The van der Waals surface area contributed by atoms with Crippen LogP contribution in [-0.2, 0) is 4.74 Å². The highest BCUT2D eigenvalue weighted by Crippen LogP contribution is 2.06. The van der Waals surface area contributed by atoms with E-state index in [1.165, 1.54) is 0 Å². The summed E-state index contributed by atoms with van der Waals surface area (Å²) in [4.78, 5) is 11.1. The summed E-state index contributed by atoms with van der Waals surface area (Å²) < 4.78 is 16.8. The third kappa shape index (κ3) is 7.79. The smallest absolute Gasteiger partial charge is 0.407 e. The minimum atomic E-state index is -0.521. The SMILES string of the molecule is CC(C)(C)OC(=O)NCC(N)CCF. The van der Waals surface area contributed by atoms with E-state index in [9.17, 15) is 9.18 Å². The van der Waals surface area contributed by atoms with Crippen LogP contribution in [-0.4, -0.2) is 31.0 Å². The van der Waals surface area contributed by atoms with E-state index >= 15 is 0 Å². The van der Waals surface area contributed by atoms with E-state index in [4.69, 9.17) is 10.5 Å². The van der Waals surface area contributed by atoms with Gasteiger partial charge in [0.25, 0.3) is 0 Å². The van der Waals surface area contributed by atoms with Crippen molar-refractivity contribution in [3.63, 3.8) is 0 Å². The fourth-order valence-corrected chi connectivity index (χ4v) is 0.771. The zero-order chi connectivity index (χ0) is 11.2. The van der Waals surface area contributed by atoms with Crippen LogP contribution in [0.1, 0.15) is 27.2 Å². The Kier molecular flexibility index (Phi) is 5.45. The molecule has 0 saturated carbocycles. The molecule has 0 spiro atoms. The first kappa shape index (κ1) is 13.2. The normalized spacial score (nSPS) is 13.5. The van der Waals surface area contributed by atoms with Gasteiger partial charge in [0, 0.05) is 12.6 Å². The molecule has 5 heteroatoms. The first-order chi connectivity index (χ1) is 6.35. The molecule has 0 aliphatic heterocycles. The van der Waals surface area contributed by atoms with Gasteiger partial charge in [-0.15, -0.1) is 0 Å². The topological polar surface area (TPSA) is 64.3 Å². The van der Waals surface area contributed by atoms with Gasteiger partial charge in [-0.2, -0.15) is 0 Å². The molecule has 14 heavy (non-hydrogen) atoms. The van der Waals surface area contributed by atoms with Crippen LogP contribution in [0.25, 0.3) is 0 Å². The van der Waals surface area contributed by atoms with Crippen LogP contribution in [0.4, 0.5) is 9.18 Å². The Morgan fingerprint density at radius 1 is 1.57 bits per heavy atom. The Labute approximate surface area is 84.0 Å². The van der Waals surface area contributed by atoms with E-state index in [0.717, 1.165) is 0 Å². The number of ether oxygens (including phenoxy) is 1. The van der Waals surface area contributed by atoms with E-state index in [1.54, 1.807) is 20.8 Å². The van der Waals surface area contributed by atoms with E-state index in [1.807, 2.05) is 0 Å². The molecule has 0 saturated heterocycles. The van der Waals surface area contributed by atoms with E-state index < -0.39 is 18.4 Å². The molecule has 0 aliphatic carbocycles. The number of amides is 1. The Bertz CT molecular complexity index is 180. The van der Waals surface area contributed by atoms with Crippen molar-refractivity contribution in [1.29, 1.82) is 0 Å². The fourth-order valence-electron chi connectivity index (χ4n) is 0.771. The molecule has 1 atom stereocenters. The summed E-state index contributed by atoms with van der Waals surface area (Å²) in [7, 11) is 0. The number of halogens is 1. The summed E-state index contributed by atoms with van der Waals surface area (Å²) in [5.74, 6) is 0. The highest BCUT2D eigenvalue weighted by molar-refractivity contribution is 5.67. The molecular formula is C9H19FN2O2. The van der Waals surface area contributed by atoms with Crippen molar-refractivity contribution < 1.29 is 13.9 Å². The Morgan fingerprint density at radius 2 is 2.14 bits per heavy atom. The second-order valence-corrected chi connectivity index (χ2v) is 4.12. The summed E-state index contributed by atoms with van der Waals surface area (Å²) in [5.41, 5.74) is 4.97. The zero-order valence-corrected chi connectivity index (χ0v) is 8.97.